The van der Waals surface area contributed by atoms with Gasteiger partial charge in [-0.1, -0.05) is 24.8 Å². The van der Waals surface area contributed by atoms with Crippen molar-refractivity contribution in [2.45, 2.75) is 26.2 Å². The minimum atomic E-state index is 0.706. The fourth-order valence-corrected chi connectivity index (χ4v) is 5.27. The van der Waals surface area contributed by atoms with Crippen molar-refractivity contribution in [3.05, 3.63) is 89.5 Å². The monoisotopic (exact) mass is 501 g/mol. The quantitative estimate of drug-likeness (QED) is 0.323. The number of aromatic amines is 2. The predicted octanol–water partition coefficient (Wildman–Crippen LogP) is 4.25. The molecule has 1 saturated heterocycles. The Bertz CT molecular complexity index is 1710. The Kier molecular flexibility index (Phi) is 6.67. The average molecular weight is 502 g/mol. The fourth-order valence-electron chi connectivity index (χ4n) is 5.27. The molecule has 38 heavy (non-hydrogen) atoms. The van der Waals surface area contributed by atoms with Crippen LogP contribution in [0.15, 0.2) is 67.8 Å². The minimum absolute atomic E-state index is 0.706. The molecule has 0 saturated carbocycles. The van der Waals surface area contributed by atoms with E-state index in [1.54, 1.807) is 12.4 Å². The van der Waals surface area contributed by atoms with E-state index >= 15 is 0 Å². The lowest BCUT2D eigenvalue weighted by atomic mass is 9.91. The number of fused-ring (bicyclic) bond motifs is 1. The second-order valence-corrected chi connectivity index (χ2v) is 9.86. The van der Waals surface area contributed by atoms with Crippen LogP contribution in [-0.2, 0) is 6.42 Å². The van der Waals surface area contributed by atoms with E-state index < -0.39 is 0 Å². The number of pyridine rings is 2. The predicted molar refractivity (Wildman–Crippen MR) is 153 cm³/mol. The smallest absolute Gasteiger partial charge is 0.159 e. The first-order valence-corrected chi connectivity index (χ1v) is 13.2. The summed E-state index contributed by atoms with van der Waals surface area (Å²) in [5.74, 6) is 1.42. The van der Waals surface area contributed by atoms with Gasteiger partial charge in [-0.2, -0.15) is 5.10 Å². The molecule has 5 aromatic rings. The van der Waals surface area contributed by atoms with Crippen molar-refractivity contribution < 1.29 is 0 Å². The lowest BCUT2D eigenvalue weighted by Crippen LogP contribution is -2.28. The van der Waals surface area contributed by atoms with Gasteiger partial charge in [0, 0.05) is 35.6 Å². The molecule has 0 spiro atoms. The molecule has 0 bridgehead atoms. The van der Waals surface area contributed by atoms with Crippen molar-refractivity contribution in [1.29, 1.82) is 0 Å². The Morgan fingerprint density at radius 2 is 1.92 bits per heavy atom. The molecule has 4 aromatic heterocycles. The second kappa shape index (κ2) is 10.6. The molecule has 0 radical (unpaired) electrons. The number of hydrogen-bond acceptors (Lipinski definition) is 5. The molecule has 7 heteroatoms. The van der Waals surface area contributed by atoms with Gasteiger partial charge in [-0.25, -0.2) is 4.98 Å². The Morgan fingerprint density at radius 3 is 2.74 bits per heavy atom. The largest absolute Gasteiger partial charge is 0.337 e. The minimum Gasteiger partial charge on any atom is -0.337 e. The van der Waals surface area contributed by atoms with Gasteiger partial charge in [0.2, 0.25) is 0 Å². The molecule has 1 aliphatic heterocycles. The highest BCUT2D eigenvalue weighted by molar-refractivity contribution is 5.94. The summed E-state index contributed by atoms with van der Waals surface area (Å²) in [5, 5.41) is 13.1. The van der Waals surface area contributed by atoms with Crippen LogP contribution in [0.25, 0.3) is 51.4 Å². The lowest BCUT2D eigenvalue weighted by Gasteiger charge is -2.22. The van der Waals surface area contributed by atoms with Gasteiger partial charge in [0.15, 0.2) is 5.82 Å². The highest BCUT2D eigenvalue weighted by Gasteiger charge is 2.16. The van der Waals surface area contributed by atoms with E-state index in [0.29, 0.717) is 11.7 Å². The standard InChI is InChI=1S/C31H31N7/c1-3-27-26(15-20(2)24-17-22(18-34-19-24)16-21-7-11-32-12-8-21)30(38-37-27)31-35-28-6-4-5-25(29(28)36-31)23-9-13-33-14-10-23/h3-6,9-10,13-15,17-19,21,32,37H,2,7-8,11-12,16H2,1H3,(H,35,36)/b26-15+,27-3+. The van der Waals surface area contributed by atoms with Crippen molar-refractivity contribution in [2.75, 3.05) is 13.1 Å². The summed E-state index contributed by atoms with van der Waals surface area (Å²) in [6.07, 6.45) is 15.1. The van der Waals surface area contributed by atoms with Crippen LogP contribution in [0, 0.1) is 5.92 Å². The number of H-pyrrole nitrogens is 2. The first-order chi connectivity index (χ1) is 18.7. The van der Waals surface area contributed by atoms with Gasteiger partial charge in [0.05, 0.1) is 16.4 Å². The Morgan fingerprint density at radius 1 is 1.08 bits per heavy atom. The zero-order chi connectivity index (χ0) is 25.9. The summed E-state index contributed by atoms with van der Waals surface area (Å²) in [7, 11) is 0. The summed E-state index contributed by atoms with van der Waals surface area (Å²) < 4.78 is 0. The van der Waals surface area contributed by atoms with Crippen molar-refractivity contribution in [3.8, 4) is 22.6 Å². The molecule has 0 amide bonds. The van der Waals surface area contributed by atoms with Crippen LogP contribution in [0.1, 0.15) is 30.9 Å². The van der Waals surface area contributed by atoms with Crippen LogP contribution in [0.4, 0.5) is 0 Å². The number of para-hydroxylation sites is 1. The van der Waals surface area contributed by atoms with E-state index in [1.165, 1.54) is 18.4 Å². The SMILES string of the molecule is C=C(/C=c1/c(-c2nc3c(-c4ccncc4)cccc3[nH]2)n[nH]/c1=C/C)c1cncc(CC2CCNCC2)c1. The van der Waals surface area contributed by atoms with Crippen molar-refractivity contribution in [3.63, 3.8) is 0 Å². The van der Waals surface area contributed by atoms with Gasteiger partial charge in [-0.3, -0.25) is 15.1 Å². The maximum Gasteiger partial charge on any atom is 0.159 e. The molecule has 1 fully saturated rings. The van der Waals surface area contributed by atoms with Crippen LogP contribution in [-0.4, -0.2) is 43.2 Å². The molecule has 5 heterocycles. The first kappa shape index (κ1) is 24.0. The van der Waals surface area contributed by atoms with E-state index in [9.17, 15) is 0 Å². The molecule has 0 aliphatic carbocycles. The number of allylic oxidation sites excluding steroid dienone is 1. The number of rotatable bonds is 6. The highest BCUT2D eigenvalue weighted by Crippen LogP contribution is 2.28. The van der Waals surface area contributed by atoms with Crippen LogP contribution in [0.3, 0.4) is 0 Å². The number of nitrogens with zero attached hydrogens (tertiary/aromatic N) is 4. The molecular weight excluding hydrogens is 470 g/mol. The maximum atomic E-state index is 4.99. The molecule has 0 atom stereocenters. The molecule has 0 unspecified atom stereocenters. The van der Waals surface area contributed by atoms with Gasteiger partial charge in [-0.15, -0.1) is 0 Å². The average Bonchev–Trinajstić information content (AvgIpc) is 3.58. The number of aromatic nitrogens is 6. The molecule has 1 aromatic carbocycles. The zero-order valence-electron chi connectivity index (χ0n) is 21.5. The number of benzene rings is 1. The van der Waals surface area contributed by atoms with Crippen molar-refractivity contribution >= 4 is 28.8 Å². The third kappa shape index (κ3) is 4.80. The molecule has 6 rings (SSSR count). The van der Waals surface area contributed by atoms with E-state index in [-0.39, 0.29) is 0 Å². The molecular formula is C31H31N7. The van der Waals surface area contributed by atoms with E-state index in [0.717, 1.165) is 69.1 Å². The van der Waals surface area contributed by atoms with Gasteiger partial charge >= 0.3 is 0 Å². The number of hydrogen-bond donors (Lipinski definition) is 3. The molecule has 1 aliphatic rings. The summed E-state index contributed by atoms with van der Waals surface area (Å²) in [5.41, 5.74) is 7.92. The van der Waals surface area contributed by atoms with Crippen LogP contribution in [0.2, 0.25) is 0 Å². The maximum absolute atomic E-state index is 4.99. The third-order valence-electron chi connectivity index (χ3n) is 7.32. The summed E-state index contributed by atoms with van der Waals surface area (Å²) in [6, 6.07) is 12.4. The molecule has 190 valence electrons. The topological polar surface area (TPSA) is 95.2 Å². The lowest BCUT2D eigenvalue weighted by molar-refractivity contribution is 0.372. The van der Waals surface area contributed by atoms with Gasteiger partial charge in [0.1, 0.15) is 5.69 Å². The fraction of sp³-hybridized carbons (Fsp3) is 0.226. The number of imidazole rings is 1. The Balaban J connectivity index is 1.37. The third-order valence-corrected chi connectivity index (χ3v) is 7.32. The Hall–Kier alpha value is -4.36. The first-order valence-electron chi connectivity index (χ1n) is 13.2. The van der Waals surface area contributed by atoms with Crippen LogP contribution in [0.5, 0.6) is 0 Å². The van der Waals surface area contributed by atoms with Crippen LogP contribution < -0.4 is 15.9 Å². The van der Waals surface area contributed by atoms with Crippen molar-refractivity contribution in [1.82, 2.24) is 35.5 Å². The zero-order valence-corrected chi connectivity index (χ0v) is 21.5. The summed E-state index contributed by atoms with van der Waals surface area (Å²) in [4.78, 5) is 17.2. The number of nitrogens with one attached hydrogen (secondary N) is 3. The second-order valence-electron chi connectivity index (χ2n) is 9.86. The summed E-state index contributed by atoms with van der Waals surface area (Å²) >= 11 is 0. The van der Waals surface area contributed by atoms with E-state index in [1.807, 2.05) is 49.7 Å². The Labute approximate surface area is 221 Å². The van der Waals surface area contributed by atoms with E-state index in [4.69, 9.17) is 4.98 Å². The van der Waals surface area contributed by atoms with Gasteiger partial charge in [0.25, 0.3) is 0 Å². The van der Waals surface area contributed by atoms with E-state index in [2.05, 4.69) is 55.3 Å². The van der Waals surface area contributed by atoms with Crippen molar-refractivity contribution in [2.24, 2.45) is 5.92 Å². The van der Waals surface area contributed by atoms with Gasteiger partial charge < -0.3 is 10.3 Å². The van der Waals surface area contributed by atoms with Gasteiger partial charge in [-0.05, 0) is 97.8 Å². The molecule has 3 N–H and O–H groups in total. The highest BCUT2D eigenvalue weighted by atomic mass is 15.1. The number of piperidine rings is 1. The normalized spacial score (nSPS) is 15.4. The van der Waals surface area contributed by atoms with Crippen LogP contribution >= 0.6 is 0 Å². The molecule has 7 nitrogen and oxygen atoms in total. The summed E-state index contributed by atoms with van der Waals surface area (Å²) in [6.45, 7) is 8.60.